The molecule has 3 N–H and O–H groups in total. The van der Waals surface area contributed by atoms with Gasteiger partial charge in [-0.15, -0.1) is 0 Å². The Morgan fingerprint density at radius 1 is 1.24 bits per heavy atom. The van der Waals surface area contributed by atoms with E-state index in [1.54, 1.807) is 13.0 Å². The third-order valence-corrected chi connectivity index (χ3v) is 3.11. The number of benzene rings is 1. The molecule has 2 rings (SSSR count). The van der Waals surface area contributed by atoms with Crippen LogP contribution in [0.25, 0.3) is 0 Å². The van der Waals surface area contributed by atoms with Crippen molar-refractivity contribution in [3.63, 3.8) is 0 Å². The Labute approximate surface area is 124 Å². The molecular weight excluding hydrogens is 270 g/mol. The van der Waals surface area contributed by atoms with Crippen LogP contribution in [0.5, 0.6) is 5.75 Å². The molecule has 1 aliphatic heterocycles. The van der Waals surface area contributed by atoms with Crippen LogP contribution in [0.3, 0.4) is 0 Å². The van der Waals surface area contributed by atoms with Crippen molar-refractivity contribution in [2.24, 2.45) is 0 Å². The molecule has 0 radical (unpaired) electrons. The van der Waals surface area contributed by atoms with Crippen LogP contribution in [0, 0.1) is 0 Å². The van der Waals surface area contributed by atoms with Gasteiger partial charge in [-0.25, -0.2) is 0 Å². The number of rotatable bonds is 4. The lowest BCUT2D eigenvalue weighted by atomic mass is 10.2. The van der Waals surface area contributed by atoms with Crippen molar-refractivity contribution in [3.8, 4) is 5.75 Å². The van der Waals surface area contributed by atoms with E-state index in [0.717, 1.165) is 5.69 Å². The van der Waals surface area contributed by atoms with Gasteiger partial charge in [0.2, 0.25) is 5.91 Å². The summed E-state index contributed by atoms with van der Waals surface area (Å²) in [5, 5.41) is 8.57. The van der Waals surface area contributed by atoms with Gasteiger partial charge in [0.25, 0.3) is 5.91 Å². The Bertz CT molecular complexity index is 531. The topological polar surface area (TPSA) is 79.5 Å². The lowest BCUT2D eigenvalue weighted by Gasteiger charge is -2.27. The SMILES string of the molecule is CC(C)NC(=O)C(C)NC(=O)C1CNc2ccccc2O1. The van der Waals surface area contributed by atoms with Crippen molar-refractivity contribution in [2.45, 2.75) is 39.0 Å². The molecular formula is C15H21N3O3. The number of carbonyl (C=O) groups is 2. The molecule has 6 nitrogen and oxygen atoms in total. The van der Waals surface area contributed by atoms with E-state index < -0.39 is 12.1 Å². The fraction of sp³-hybridized carbons (Fsp3) is 0.467. The van der Waals surface area contributed by atoms with Crippen LogP contribution < -0.4 is 20.7 Å². The smallest absolute Gasteiger partial charge is 0.263 e. The first-order valence-corrected chi connectivity index (χ1v) is 7.07. The maximum absolute atomic E-state index is 12.2. The van der Waals surface area contributed by atoms with Crippen LogP contribution >= 0.6 is 0 Å². The van der Waals surface area contributed by atoms with E-state index in [-0.39, 0.29) is 17.9 Å². The lowest BCUT2D eigenvalue weighted by molar-refractivity contribution is -0.132. The minimum atomic E-state index is -0.644. The summed E-state index contributed by atoms with van der Waals surface area (Å²) in [5.74, 6) is 0.133. The van der Waals surface area contributed by atoms with Crippen LogP contribution in [0.2, 0.25) is 0 Å². The van der Waals surface area contributed by atoms with Gasteiger partial charge < -0.3 is 20.7 Å². The second-order valence-corrected chi connectivity index (χ2v) is 5.38. The second-order valence-electron chi connectivity index (χ2n) is 5.38. The van der Waals surface area contributed by atoms with Crippen molar-refractivity contribution in [2.75, 3.05) is 11.9 Å². The highest BCUT2D eigenvalue weighted by atomic mass is 16.5. The van der Waals surface area contributed by atoms with Crippen LogP contribution in [0.15, 0.2) is 24.3 Å². The van der Waals surface area contributed by atoms with Crippen molar-refractivity contribution < 1.29 is 14.3 Å². The molecule has 0 aromatic heterocycles. The Hall–Kier alpha value is -2.24. The van der Waals surface area contributed by atoms with E-state index >= 15 is 0 Å². The highest BCUT2D eigenvalue weighted by Gasteiger charge is 2.28. The average molecular weight is 291 g/mol. The quantitative estimate of drug-likeness (QED) is 0.769. The molecule has 1 aromatic rings. The summed E-state index contributed by atoms with van der Waals surface area (Å²) >= 11 is 0. The van der Waals surface area contributed by atoms with E-state index in [9.17, 15) is 9.59 Å². The van der Waals surface area contributed by atoms with Crippen molar-refractivity contribution in [1.82, 2.24) is 10.6 Å². The standard InChI is InChI=1S/C15H21N3O3/c1-9(2)17-14(19)10(3)18-15(20)13-8-16-11-6-4-5-7-12(11)21-13/h4-7,9-10,13,16H,8H2,1-3H3,(H,17,19)(H,18,20). The summed E-state index contributed by atoms with van der Waals surface area (Å²) in [7, 11) is 0. The first-order chi connectivity index (χ1) is 9.97. The molecule has 0 spiro atoms. The summed E-state index contributed by atoms with van der Waals surface area (Å²) in [5.41, 5.74) is 0.868. The van der Waals surface area contributed by atoms with Crippen molar-refractivity contribution in [1.29, 1.82) is 0 Å². The second kappa shape index (κ2) is 6.47. The molecule has 0 bridgehead atoms. The van der Waals surface area contributed by atoms with E-state index in [1.165, 1.54) is 0 Å². The molecule has 1 aromatic carbocycles. The Kier molecular flexibility index (Phi) is 4.67. The summed E-state index contributed by atoms with van der Waals surface area (Å²) in [4.78, 5) is 23.9. The van der Waals surface area contributed by atoms with Crippen molar-refractivity contribution >= 4 is 17.5 Å². The maximum atomic E-state index is 12.2. The summed E-state index contributed by atoms with van der Waals surface area (Å²) in [6, 6.07) is 6.88. The van der Waals surface area contributed by atoms with E-state index in [1.807, 2.05) is 32.0 Å². The average Bonchev–Trinajstić information content (AvgIpc) is 2.45. The zero-order valence-corrected chi connectivity index (χ0v) is 12.5. The van der Waals surface area contributed by atoms with Gasteiger partial charge >= 0.3 is 0 Å². The zero-order valence-electron chi connectivity index (χ0n) is 12.5. The fourth-order valence-electron chi connectivity index (χ4n) is 2.04. The molecule has 1 aliphatic rings. The number of para-hydroxylation sites is 2. The molecule has 21 heavy (non-hydrogen) atoms. The molecule has 0 saturated carbocycles. The van der Waals surface area contributed by atoms with Gasteiger partial charge in [-0.3, -0.25) is 9.59 Å². The highest BCUT2D eigenvalue weighted by Crippen LogP contribution is 2.28. The van der Waals surface area contributed by atoms with E-state index in [4.69, 9.17) is 4.74 Å². The number of hydrogen-bond donors (Lipinski definition) is 3. The Balaban J connectivity index is 1.91. The Morgan fingerprint density at radius 3 is 2.67 bits per heavy atom. The molecule has 2 unspecified atom stereocenters. The largest absolute Gasteiger partial charge is 0.477 e. The van der Waals surface area contributed by atoms with Gasteiger partial charge in [0.05, 0.1) is 12.2 Å². The number of carbonyl (C=O) groups excluding carboxylic acids is 2. The number of hydrogen-bond acceptors (Lipinski definition) is 4. The van der Waals surface area contributed by atoms with E-state index in [2.05, 4.69) is 16.0 Å². The number of anilines is 1. The van der Waals surface area contributed by atoms with Gasteiger partial charge in [0, 0.05) is 6.04 Å². The number of nitrogens with one attached hydrogen (secondary N) is 3. The summed E-state index contributed by atoms with van der Waals surface area (Å²) in [6.45, 7) is 5.77. The van der Waals surface area contributed by atoms with Crippen LogP contribution in [-0.2, 0) is 9.59 Å². The van der Waals surface area contributed by atoms with Gasteiger partial charge in [0.1, 0.15) is 11.8 Å². The van der Waals surface area contributed by atoms with Gasteiger partial charge in [-0.2, -0.15) is 0 Å². The van der Waals surface area contributed by atoms with Crippen molar-refractivity contribution in [3.05, 3.63) is 24.3 Å². The Morgan fingerprint density at radius 2 is 1.95 bits per heavy atom. The minimum Gasteiger partial charge on any atom is -0.477 e. The summed E-state index contributed by atoms with van der Waals surface area (Å²) < 4.78 is 5.65. The van der Waals surface area contributed by atoms with E-state index in [0.29, 0.717) is 12.3 Å². The molecule has 114 valence electrons. The number of ether oxygens (including phenoxy) is 1. The molecule has 6 heteroatoms. The predicted octanol–water partition coefficient (Wildman–Crippen LogP) is 0.889. The van der Waals surface area contributed by atoms with Crippen LogP contribution in [-0.4, -0.2) is 36.5 Å². The predicted molar refractivity (Wildman–Crippen MR) is 80.2 cm³/mol. The number of fused-ring (bicyclic) bond motifs is 1. The molecule has 0 saturated heterocycles. The van der Waals surface area contributed by atoms with Crippen LogP contribution in [0.1, 0.15) is 20.8 Å². The van der Waals surface area contributed by atoms with Crippen LogP contribution in [0.4, 0.5) is 5.69 Å². The minimum absolute atomic E-state index is 0.0383. The van der Waals surface area contributed by atoms with Gasteiger partial charge in [-0.1, -0.05) is 12.1 Å². The first-order valence-electron chi connectivity index (χ1n) is 7.07. The fourth-order valence-corrected chi connectivity index (χ4v) is 2.04. The lowest BCUT2D eigenvalue weighted by Crippen LogP contribution is -2.52. The normalized spacial score (nSPS) is 18.0. The van der Waals surface area contributed by atoms with Gasteiger partial charge in [-0.05, 0) is 32.9 Å². The third-order valence-electron chi connectivity index (χ3n) is 3.11. The third kappa shape index (κ3) is 3.87. The summed E-state index contributed by atoms with van der Waals surface area (Å²) in [6.07, 6.45) is -0.644. The van der Waals surface area contributed by atoms with Gasteiger partial charge in [0.15, 0.2) is 6.10 Å². The maximum Gasteiger partial charge on any atom is 0.263 e. The number of amides is 2. The monoisotopic (exact) mass is 291 g/mol. The molecule has 2 amide bonds. The molecule has 0 fully saturated rings. The molecule has 1 heterocycles. The molecule has 2 atom stereocenters. The first kappa shape index (κ1) is 15.2. The molecule has 0 aliphatic carbocycles. The highest BCUT2D eigenvalue weighted by molar-refractivity contribution is 5.90. The zero-order chi connectivity index (χ0) is 15.4.